The zero-order valence-electron chi connectivity index (χ0n) is 13.6. The van der Waals surface area contributed by atoms with E-state index in [0.717, 1.165) is 0 Å². The molecular weight excluding hydrogens is 410 g/mol. The Morgan fingerprint density at radius 3 is 2.46 bits per heavy atom. The molecule has 0 saturated carbocycles. The Labute approximate surface area is 157 Å². The number of alkyl halides is 2. The molecule has 136 valence electrons. The number of hydrogen-bond donors (Lipinski definition) is 2. The van der Waals surface area contributed by atoms with E-state index < -0.39 is 12.5 Å². The van der Waals surface area contributed by atoms with Gasteiger partial charge in [0.1, 0.15) is 5.75 Å². The molecule has 0 unspecified atom stereocenters. The highest BCUT2D eigenvalue weighted by atomic mass is 79.9. The van der Waals surface area contributed by atoms with E-state index in [1.807, 2.05) is 0 Å². The van der Waals surface area contributed by atoms with Gasteiger partial charge in [0.15, 0.2) is 0 Å². The molecule has 0 bridgehead atoms. The van der Waals surface area contributed by atoms with Crippen LogP contribution in [0.4, 0.5) is 14.5 Å². The number of hydrogen-bond acceptors (Lipinski definition) is 3. The summed E-state index contributed by atoms with van der Waals surface area (Å²) in [7, 11) is 1.52. The number of anilines is 1. The quantitative estimate of drug-likeness (QED) is 0.687. The molecule has 0 spiro atoms. The first-order valence-corrected chi connectivity index (χ1v) is 8.24. The molecule has 0 aromatic heterocycles. The van der Waals surface area contributed by atoms with Crippen molar-refractivity contribution >= 4 is 39.5 Å². The van der Waals surface area contributed by atoms with Gasteiger partial charge in [-0.25, -0.2) is 0 Å². The maximum atomic E-state index is 12.4. The fourth-order valence-electron chi connectivity index (χ4n) is 2.05. The highest BCUT2D eigenvalue weighted by Crippen LogP contribution is 2.26. The Bertz CT molecular complexity index is 824. The van der Waals surface area contributed by atoms with Crippen LogP contribution in [-0.4, -0.2) is 25.5 Å². The standard InChI is InChI=1S/C18H15BrF2N2O3/c1-22-17(25)11-2-6-14(7-3-11)23-16(24)9-4-12-10-13(19)5-8-15(12)26-18(20)21/h2-10,18H,1H3,(H,22,25)(H,23,24)/b9-4+. The molecule has 0 aliphatic heterocycles. The molecule has 2 aromatic rings. The predicted octanol–water partition coefficient (Wildman–Crippen LogP) is 4.06. The van der Waals surface area contributed by atoms with Crippen LogP contribution in [-0.2, 0) is 4.79 Å². The van der Waals surface area contributed by atoms with E-state index in [-0.39, 0.29) is 11.7 Å². The van der Waals surface area contributed by atoms with Gasteiger partial charge in [0, 0.05) is 34.4 Å². The first-order chi connectivity index (χ1) is 12.4. The summed E-state index contributed by atoms with van der Waals surface area (Å²) in [6.45, 7) is -2.96. The van der Waals surface area contributed by atoms with Crippen LogP contribution in [0.25, 0.3) is 6.08 Å². The van der Waals surface area contributed by atoms with Gasteiger partial charge in [-0.05, 0) is 48.5 Å². The van der Waals surface area contributed by atoms with Crippen molar-refractivity contribution in [1.82, 2.24) is 5.32 Å². The maximum absolute atomic E-state index is 12.4. The van der Waals surface area contributed by atoms with E-state index in [9.17, 15) is 18.4 Å². The van der Waals surface area contributed by atoms with Gasteiger partial charge < -0.3 is 15.4 Å². The second-order valence-corrected chi connectivity index (χ2v) is 5.96. The van der Waals surface area contributed by atoms with E-state index in [1.165, 1.54) is 25.3 Å². The summed E-state index contributed by atoms with van der Waals surface area (Å²) in [5.41, 5.74) is 1.28. The van der Waals surface area contributed by atoms with Crippen LogP contribution in [0.15, 0.2) is 53.0 Å². The molecule has 0 saturated heterocycles. The fourth-order valence-corrected chi connectivity index (χ4v) is 2.43. The Balaban J connectivity index is 2.07. The SMILES string of the molecule is CNC(=O)c1ccc(NC(=O)/C=C/c2cc(Br)ccc2OC(F)F)cc1. The molecule has 0 heterocycles. The van der Waals surface area contributed by atoms with E-state index in [4.69, 9.17) is 0 Å². The lowest BCUT2D eigenvalue weighted by Gasteiger charge is -2.08. The molecule has 8 heteroatoms. The Kier molecular flexibility index (Phi) is 6.85. The zero-order chi connectivity index (χ0) is 19.1. The Morgan fingerprint density at radius 1 is 1.15 bits per heavy atom. The summed E-state index contributed by atoms with van der Waals surface area (Å²) in [6, 6.07) is 10.8. The summed E-state index contributed by atoms with van der Waals surface area (Å²) in [4.78, 5) is 23.5. The molecule has 5 nitrogen and oxygen atoms in total. The number of carbonyl (C=O) groups excluding carboxylic acids is 2. The molecule has 2 rings (SSSR count). The van der Waals surface area contributed by atoms with Crippen molar-refractivity contribution < 1.29 is 23.1 Å². The van der Waals surface area contributed by atoms with Crippen LogP contribution in [0.5, 0.6) is 5.75 Å². The average molecular weight is 425 g/mol. The summed E-state index contributed by atoms with van der Waals surface area (Å²) in [6.07, 6.45) is 2.57. The molecule has 0 aliphatic carbocycles. The Hall–Kier alpha value is -2.74. The van der Waals surface area contributed by atoms with Crippen molar-refractivity contribution in [3.63, 3.8) is 0 Å². The minimum atomic E-state index is -2.96. The summed E-state index contributed by atoms with van der Waals surface area (Å²) >= 11 is 3.24. The summed E-state index contributed by atoms with van der Waals surface area (Å²) in [5.74, 6) is -0.730. The minimum absolute atomic E-state index is 0.0396. The summed E-state index contributed by atoms with van der Waals surface area (Å²) in [5, 5.41) is 5.11. The first-order valence-electron chi connectivity index (χ1n) is 7.44. The molecule has 0 radical (unpaired) electrons. The third-order valence-electron chi connectivity index (χ3n) is 3.24. The maximum Gasteiger partial charge on any atom is 0.387 e. The monoisotopic (exact) mass is 424 g/mol. The van der Waals surface area contributed by atoms with Gasteiger partial charge >= 0.3 is 6.61 Å². The van der Waals surface area contributed by atoms with E-state index >= 15 is 0 Å². The highest BCUT2D eigenvalue weighted by Gasteiger charge is 2.09. The number of benzene rings is 2. The molecular formula is C18H15BrF2N2O3. The van der Waals surface area contributed by atoms with Crippen LogP contribution in [0.2, 0.25) is 0 Å². The van der Waals surface area contributed by atoms with Gasteiger partial charge in [-0.2, -0.15) is 8.78 Å². The molecule has 2 N–H and O–H groups in total. The average Bonchev–Trinajstić information content (AvgIpc) is 2.61. The lowest BCUT2D eigenvalue weighted by atomic mass is 10.2. The number of rotatable bonds is 6. The van der Waals surface area contributed by atoms with Crippen molar-refractivity contribution in [2.75, 3.05) is 12.4 Å². The smallest absolute Gasteiger partial charge is 0.387 e. The van der Waals surface area contributed by atoms with Crippen molar-refractivity contribution in [2.45, 2.75) is 6.61 Å². The van der Waals surface area contributed by atoms with Crippen LogP contribution in [0.3, 0.4) is 0 Å². The van der Waals surface area contributed by atoms with Crippen molar-refractivity contribution in [2.24, 2.45) is 0 Å². The topological polar surface area (TPSA) is 67.4 Å². The first kappa shape index (κ1) is 19.6. The van der Waals surface area contributed by atoms with Crippen molar-refractivity contribution in [1.29, 1.82) is 0 Å². The van der Waals surface area contributed by atoms with Crippen LogP contribution < -0.4 is 15.4 Å². The largest absolute Gasteiger partial charge is 0.434 e. The van der Waals surface area contributed by atoms with Crippen molar-refractivity contribution in [3.05, 3.63) is 64.1 Å². The third kappa shape index (κ3) is 5.66. The summed E-state index contributed by atoms with van der Waals surface area (Å²) < 4.78 is 30.0. The number of nitrogens with one attached hydrogen (secondary N) is 2. The normalized spacial score (nSPS) is 10.8. The predicted molar refractivity (Wildman–Crippen MR) is 98.3 cm³/mol. The molecule has 0 atom stereocenters. The zero-order valence-corrected chi connectivity index (χ0v) is 15.2. The van der Waals surface area contributed by atoms with Gasteiger partial charge in [-0.3, -0.25) is 9.59 Å². The van der Waals surface area contributed by atoms with Gasteiger partial charge in [0.05, 0.1) is 0 Å². The highest BCUT2D eigenvalue weighted by molar-refractivity contribution is 9.10. The Morgan fingerprint density at radius 2 is 1.85 bits per heavy atom. The second kappa shape index (κ2) is 9.10. The van der Waals surface area contributed by atoms with Crippen LogP contribution in [0.1, 0.15) is 15.9 Å². The van der Waals surface area contributed by atoms with E-state index in [0.29, 0.717) is 21.3 Å². The number of carbonyl (C=O) groups is 2. The van der Waals surface area contributed by atoms with E-state index in [2.05, 4.69) is 31.3 Å². The van der Waals surface area contributed by atoms with Gasteiger partial charge in [-0.15, -0.1) is 0 Å². The molecule has 0 aliphatic rings. The van der Waals surface area contributed by atoms with Gasteiger partial charge in [0.2, 0.25) is 5.91 Å². The fraction of sp³-hybridized carbons (Fsp3) is 0.111. The van der Waals surface area contributed by atoms with Crippen LogP contribution >= 0.6 is 15.9 Å². The van der Waals surface area contributed by atoms with Crippen molar-refractivity contribution in [3.8, 4) is 5.75 Å². The minimum Gasteiger partial charge on any atom is -0.434 e. The number of amides is 2. The van der Waals surface area contributed by atoms with Gasteiger partial charge in [-0.1, -0.05) is 15.9 Å². The number of ether oxygens (including phenoxy) is 1. The molecule has 2 aromatic carbocycles. The lowest BCUT2D eigenvalue weighted by Crippen LogP contribution is -2.17. The molecule has 26 heavy (non-hydrogen) atoms. The lowest BCUT2D eigenvalue weighted by molar-refractivity contribution is -0.111. The van der Waals surface area contributed by atoms with E-state index in [1.54, 1.807) is 36.4 Å². The number of halogens is 3. The third-order valence-corrected chi connectivity index (χ3v) is 3.74. The van der Waals surface area contributed by atoms with Gasteiger partial charge in [0.25, 0.3) is 5.91 Å². The molecule has 2 amide bonds. The molecule has 0 fully saturated rings. The second-order valence-electron chi connectivity index (χ2n) is 5.04. The van der Waals surface area contributed by atoms with Crippen LogP contribution in [0, 0.1) is 0 Å².